The fourth-order valence-corrected chi connectivity index (χ4v) is 2.42. The lowest BCUT2D eigenvalue weighted by Crippen LogP contribution is -2.29. The van der Waals surface area contributed by atoms with Gasteiger partial charge in [-0.05, 0) is 29.9 Å². The second-order valence-corrected chi connectivity index (χ2v) is 5.74. The zero-order chi connectivity index (χ0) is 16.1. The van der Waals surface area contributed by atoms with Crippen LogP contribution in [0.2, 0.25) is 0 Å². The maximum Gasteiger partial charge on any atom is 0.224 e. The van der Waals surface area contributed by atoms with E-state index in [0.29, 0.717) is 23.4 Å². The molecule has 0 aliphatic heterocycles. The summed E-state index contributed by atoms with van der Waals surface area (Å²) in [5.41, 5.74) is 0.653. The van der Waals surface area contributed by atoms with E-state index in [1.165, 1.54) is 12.1 Å². The molecule has 1 aromatic carbocycles. The highest BCUT2D eigenvalue weighted by atomic mass is 32.1. The normalized spacial score (nSPS) is 10.9. The highest BCUT2D eigenvalue weighted by molar-refractivity contribution is 7.71. The molecule has 0 fully saturated rings. The number of aromatic amines is 1. The molecule has 1 heterocycles. The van der Waals surface area contributed by atoms with Gasteiger partial charge in [0.2, 0.25) is 5.91 Å². The van der Waals surface area contributed by atoms with Crippen molar-refractivity contribution in [2.45, 2.75) is 32.7 Å². The molecule has 0 aliphatic rings. The molecule has 0 radical (unpaired) electrons. The average Bonchev–Trinajstić information content (AvgIpc) is 2.80. The quantitative estimate of drug-likeness (QED) is 0.804. The highest BCUT2D eigenvalue weighted by Gasteiger charge is 2.10. The molecule has 2 N–H and O–H groups in total. The van der Waals surface area contributed by atoms with Gasteiger partial charge in [0.1, 0.15) is 11.6 Å². The fraction of sp³-hybridized carbons (Fsp3) is 0.400. The first-order valence-electron chi connectivity index (χ1n) is 7.13. The highest BCUT2D eigenvalue weighted by Crippen LogP contribution is 2.11. The first kappa shape index (κ1) is 16.4. The summed E-state index contributed by atoms with van der Waals surface area (Å²) in [6, 6.07) is 6.04. The van der Waals surface area contributed by atoms with Crippen molar-refractivity contribution in [2.75, 3.05) is 6.54 Å². The minimum atomic E-state index is -0.337. The number of hydrogen-bond acceptors (Lipinski definition) is 3. The number of benzene rings is 1. The molecule has 0 unspecified atom stereocenters. The Balaban J connectivity index is 1.87. The monoisotopic (exact) mass is 322 g/mol. The summed E-state index contributed by atoms with van der Waals surface area (Å²) >= 11 is 5.18. The van der Waals surface area contributed by atoms with E-state index in [9.17, 15) is 9.18 Å². The predicted octanol–water partition coefficient (Wildman–Crippen LogP) is 2.56. The van der Waals surface area contributed by atoms with Crippen LogP contribution in [0.25, 0.3) is 0 Å². The smallest absolute Gasteiger partial charge is 0.224 e. The molecule has 0 spiro atoms. The lowest BCUT2D eigenvalue weighted by molar-refractivity contribution is -0.120. The van der Waals surface area contributed by atoms with Crippen LogP contribution in [0.3, 0.4) is 0 Å². The van der Waals surface area contributed by atoms with Crippen LogP contribution in [0.5, 0.6) is 0 Å². The van der Waals surface area contributed by atoms with Crippen LogP contribution in [-0.2, 0) is 17.8 Å². The minimum absolute atomic E-state index is 0.147. The third-order valence-corrected chi connectivity index (χ3v) is 3.53. The number of carbonyl (C=O) groups is 1. The van der Waals surface area contributed by atoms with Gasteiger partial charge >= 0.3 is 0 Å². The Hall–Kier alpha value is -2.02. The van der Waals surface area contributed by atoms with E-state index in [1.54, 1.807) is 12.1 Å². The SMILES string of the molecule is CC(C)c1n[nH]c(=S)n1CCNC(=O)Cc1cccc(F)c1. The standard InChI is InChI=1S/C15H19FN4OS/c1-10(2)14-18-19-15(22)20(14)7-6-17-13(21)9-11-4-3-5-12(16)8-11/h3-5,8,10H,6-7,9H2,1-2H3,(H,17,21)(H,19,22). The van der Waals surface area contributed by atoms with Crippen molar-refractivity contribution in [1.29, 1.82) is 0 Å². The summed E-state index contributed by atoms with van der Waals surface area (Å²) in [6.07, 6.45) is 0.158. The molecule has 0 bridgehead atoms. The van der Waals surface area contributed by atoms with Crippen LogP contribution >= 0.6 is 12.2 Å². The number of rotatable bonds is 6. The van der Waals surface area contributed by atoms with Crippen molar-refractivity contribution in [3.05, 3.63) is 46.2 Å². The van der Waals surface area contributed by atoms with Crippen molar-refractivity contribution >= 4 is 18.1 Å². The Kier molecular flexibility index (Phi) is 5.43. The topological polar surface area (TPSA) is 62.7 Å². The van der Waals surface area contributed by atoms with E-state index in [-0.39, 0.29) is 24.1 Å². The van der Waals surface area contributed by atoms with Gasteiger partial charge in [0.15, 0.2) is 4.77 Å². The molecule has 1 amide bonds. The Morgan fingerprint density at radius 1 is 1.50 bits per heavy atom. The van der Waals surface area contributed by atoms with Crippen molar-refractivity contribution < 1.29 is 9.18 Å². The minimum Gasteiger partial charge on any atom is -0.354 e. The Bertz CT molecular complexity index is 708. The largest absolute Gasteiger partial charge is 0.354 e. The van der Waals surface area contributed by atoms with Gasteiger partial charge in [-0.25, -0.2) is 4.39 Å². The number of nitrogens with one attached hydrogen (secondary N) is 2. The van der Waals surface area contributed by atoms with E-state index in [1.807, 2.05) is 18.4 Å². The van der Waals surface area contributed by atoms with E-state index in [4.69, 9.17) is 12.2 Å². The van der Waals surface area contributed by atoms with Gasteiger partial charge in [-0.3, -0.25) is 9.89 Å². The zero-order valence-corrected chi connectivity index (χ0v) is 13.4. The molecule has 5 nitrogen and oxygen atoms in total. The van der Waals surface area contributed by atoms with Gasteiger partial charge < -0.3 is 9.88 Å². The molecule has 2 rings (SSSR count). The lowest BCUT2D eigenvalue weighted by atomic mass is 10.1. The molecule has 0 atom stereocenters. The number of halogens is 1. The van der Waals surface area contributed by atoms with E-state index in [0.717, 1.165) is 5.82 Å². The van der Waals surface area contributed by atoms with E-state index < -0.39 is 0 Å². The first-order valence-corrected chi connectivity index (χ1v) is 7.54. The number of amides is 1. The number of hydrogen-bond donors (Lipinski definition) is 2. The number of H-pyrrole nitrogens is 1. The summed E-state index contributed by atoms with van der Waals surface area (Å²) in [6.45, 7) is 5.06. The first-order chi connectivity index (χ1) is 10.5. The second-order valence-electron chi connectivity index (χ2n) is 5.35. The van der Waals surface area contributed by atoms with Gasteiger partial charge in [0.25, 0.3) is 0 Å². The third kappa shape index (κ3) is 4.24. The summed E-state index contributed by atoms with van der Waals surface area (Å²) < 4.78 is 15.5. The molecule has 0 saturated carbocycles. The molecular weight excluding hydrogens is 303 g/mol. The van der Waals surface area contributed by atoms with E-state index >= 15 is 0 Å². The van der Waals surface area contributed by atoms with Crippen LogP contribution in [-0.4, -0.2) is 27.2 Å². The average molecular weight is 322 g/mol. The van der Waals surface area contributed by atoms with Crippen LogP contribution in [0.15, 0.2) is 24.3 Å². The molecule has 7 heteroatoms. The Morgan fingerprint density at radius 3 is 2.95 bits per heavy atom. The molecular formula is C15H19FN4OS. The number of nitrogens with zero attached hydrogens (tertiary/aromatic N) is 2. The van der Waals surface area contributed by atoms with Crippen LogP contribution in [0.1, 0.15) is 31.2 Å². The lowest BCUT2D eigenvalue weighted by Gasteiger charge is -2.10. The Labute approximate surface area is 133 Å². The molecule has 1 aromatic heterocycles. The molecule has 118 valence electrons. The second kappa shape index (κ2) is 7.31. The maximum atomic E-state index is 13.1. The zero-order valence-electron chi connectivity index (χ0n) is 12.6. The summed E-state index contributed by atoms with van der Waals surface area (Å²) in [4.78, 5) is 11.9. The fourth-order valence-electron chi connectivity index (χ4n) is 2.19. The van der Waals surface area contributed by atoms with Crippen LogP contribution in [0, 0.1) is 10.6 Å². The van der Waals surface area contributed by atoms with E-state index in [2.05, 4.69) is 15.5 Å². The number of carbonyl (C=O) groups excluding carboxylic acids is 1. The van der Waals surface area contributed by atoms with Gasteiger partial charge in [-0.1, -0.05) is 26.0 Å². The summed E-state index contributed by atoms with van der Waals surface area (Å²) in [7, 11) is 0. The van der Waals surface area contributed by atoms with Crippen LogP contribution in [0.4, 0.5) is 4.39 Å². The predicted molar refractivity (Wildman–Crippen MR) is 84.6 cm³/mol. The van der Waals surface area contributed by atoms with Crippen molar-refractivity contribution in [1.82, 2.24) is 20.1 Å². The summed E-state index contributed by atoms with van der Waals surface area (Å²) in [5.74, 6) is 0.628. The maximum absolute atomic E-state index is 13.1. The molecule has 2 aromatic rings. The summed E-state index contributed by atoms with van der Waals surface area (Å²) in [5, 5.41) is 9.76. The van der Waals surface area contributed by atoms with Gasteiger partial charge in [0.05, 0.1) is 6.42 Å². The van der Waals surface area contributed by atoms with Crippen LogP contribution < -0.4 is 5.32 Å². The van der Waals surface area contributed by atoms with Gasteiger partial charge in [0, 0.05) is 19.0 Å². The molecule has 0 saturated heterocycles. The van der Waals surface area contributed by atoms with Crippen molar-refractivity contribution in [3.63, 3.8) is 0 Å². The molecule has 22 heavy (non-hydrogen) atoms. The van der Waals surface area contributed by atoms with Crippen molar-refractivity contribution in [3.8, 4) is 0 Å². The number of aromatic nitrogens is 3. The van der Waals surface area contributed by atoms with Gasteiger partial charge in [-0.2, -0.15) is 5.10 Å². The van der Waals surface area contributed by atoms with Crippen molar-refractivity contribution in [2.24, 2.45) is 0 Å². The Morgan fingerprint density at radius 2 is 2.27 bits per heavy atom. The molecule has 0 aliphatic carbocycles. The van der Waals surface area contributed by atoms with Gasteiger partial charge in [-0.15, -0.1) is 0 Å². The third-order valence-electron chi connectivity index (χ3n) is 3.22.